The number of carbonyl (C=O) groups excluding carboxylic acids is 1. The van der Waals surface area contributed by atoms with Crippen LogP contribution < -0.4 is 4.74 Å². The Morgan fingerprint density at radius 2 is 1.83 bits per heavy atom. The number of aromatic nitrogens is 1. The van der Waals surface area contributed by atoms with Crippen LogP contribution in [0, 0.1) is 10.1 Å². The zero-order valence-corrected chi connectivity index (χ0v) is 14.2. The fraction of sp³-hybridized carbons (Fsp3) is 0.500. The lowest BCUT2D eigenvalue weighted by Gasteiger charge is -2.20. The highest BCUT2D eigenvalue weighted by Crippen LogP contribution is 2.28. The summed E-state index contributed by atoms with van der Waals surface area (Å²) in [4.78, 5) is 26.2. The maximum absolute atomic E-state index is 11.6. The molecular weight excluding hydrogens is 300 g/mol. The Bertz CT molecular complexity index is 624. The highest BCUT2D eigenvalue weighted by atomic mass is 16.6. The number of rotatable bonds is 4. The minimum Gasteiger partial charge on any atom is -0.467 e. The van der Waals surface area contributed by atoms with Crippen molar-refractivity contribution in [3.8, 4) is 5.88 Å². The molecule has 0 saturated carbocycles. The van der Waals surface area contributed by atoms with Gasteiger partial charge in [0.2, 0.25) is 0 Å². The number of carbonyl (C=O) groups is 1. The van der Waals surface area contributed by atoms with Crippen molar-refractivity contribution in [2.24, 2.45) is 0 Å². The molecule has 0 amide bonds. The third-order valence-electron chi connectivity index (χ3n) is 2.27. The van der Waals surface area contributed by atoms with E-state index in [9.17, 15) is 14.9 Å². The van der Waals surface area contributed by atoms with Gasteiger partial charge >= 0.3 is 11.7 Å². The number of nitro groups is 1. The second-order valence-electron chi connectivity index (χ2n) is 6.93. The SMILES string of the molecule is CC(C)(C)OC(=O)/C=C/c1cnc(OC(C)(C)C)c([N+](=O)[O-])c1. The number of ether oxygens (including phenoxy) is 2. The molecular formula is C16H22N2O5. The molecule has 1 aromatic heterocycles. The van der Waals surface area contributed by atoms with Crippen LogP contribution in [0.2, 0.25) is 0 Å². The van der Waals surface area contributed by atoms with E-state index >= 15 is 0 Å². The molecule has 0 saturated heterocycles. The summed E-state index contributed by atoms with van der Waals surface area (Å²) in [6.07, 6.45) is 4.01. The molecule has 0 bridgehead atoms. The van der Waals surface area contributed by atoms with Gasteiger partial charge in [0.15, 0.2) is 0 Å². The van der Waals surface area contributed by atoms with E-state index in [2.05, 4.69) is 4.98 Å². The second-order valence-corrected chi connectivity index (χ2v) is 6.93. The summed E-state index contributed by atoms with van der Waals surface area (Å²) < 4.78 is 10.6. The van der Waals surface area contributed by atoms with Crippen LogP contribution in [0.3, 0.4) is 0 Å². The van der Waals surface area contributed by atoms with E-state index in [1.165, 1.54) is 24.4 Å². The van der Waals surface area contributed by atoms with Crippen molar-refractivity contribution in [1.82, 2.24) is 4.98 Å². The highest BCUT2D eigenvalue weighted by molar-refractivity contribution is 5.87. The lowest BCUT2D eigenvalue weighted by atomic mass is 10.2. The summed E-state index contributed by atoms with van der Waals surface area (Å²) in [7, 11) is 0. The summed E-state index contributed by atoms with van der Waals surface area (Å²) >= 11 is 0. The summed E-state index contributed by atoms with van der Waals surface area (Å²) in [5.74, 6) is -0.591. The Labute approximate surface area is 135 Å². The number of pyridine rings is 1. The van der Waals surface area contributed by atoms with Crippen molar-refractivity contribution < 1.29 is 19.2 Å². The third kappa shape index (κ3) is 6.90. The molecule has 7 nitrogen and oxygen atoms in total. The maximum atomic E-state index is 11.6. The van der Waals surface area contributed by atoms with Crippen LogP contribution in [0.1, 0.15) is 47.1 Å². The smallest absolute Gasteiger partial charge is 0.331 e. The van der Waals surface area contributed by atoms with E-state index in [0.29, 0.717) is 5.56 Å². The highest BCUT2D eigenvalue weighted by Gasteiger charge is 2.23. The topological polar surface area (TPSA) is 91.6 Å². The molecule has 23 heavy (non-hydrogen) atoms. The molecule has 0 fully saturated rings. The number of hydrogen-bond donors (Lipinski definition) is 0. The van der Waals surface area contributed by atoms with Gasteiger partial charge in [-0.3, -0.25) is 10.1 Å². The summed E-state index contributed by atoms with van der Waals surface area (Å²) in [6.45, 7) is 10.6. The van der Waals surface area contributed by atoms with Gasteiger partial charge in [-0.05, 0) is 47.6 Å². The van der Waals surface area contributed by atoms with Gasteiger partial charge in [0.05, 0.1) is 4.92 Å². The fourth-order valence-corrected chi connectivity index (χ4v) is 1.55. The molecule has 1 aromatic rings. The molecule has 126 valence electrons. The van der Waals surface area contributed by atoms with Crippen LogP contribution in [-0.2, 0) is 9.53 Å². The van der Waals surface area contributed by atoms with Crippen LogP contribution in [0.25, 0.3) is 6.08 Å². The van der Waals surface area contributed by atoms with Gasteiger partial charge in [-0.1, -0.05) is 0 Å². The quantitative estimate of drug-likeness (QED) is 0.364. The van der Waals surface area contributed by atoms with Crippen molar-refractivity contribution in [3.63, 3.8) is 0 Å². The van der Waals surface area contributed by atoms with Gasteiger partial charge in [0, 0.05) is 23.9 Å². The number of nitrogens with zero attached hydrogens (tertiary/aromatic N) is 2. The molecule has 0 spiro atoms. The van der Waals surface area contributed by atoms with Gasteiger partial charge in [-0.25, -0.2) is 9.78 Å². The van der Waals surface area contributed by atoms with Gasteiger partial charge in [0.1, 0.15) is 11.2 Å². The van der Waals surface area contributed by atoms with Gasteiger partial charge < -0.3 is 9.47 Å². The summed E-state index contributed by atoms with van der Waals surface area (Å²) in [5.41, 5.74) is -1.06. The molecule has 0 aliphatic rings. The van der Waals surface area contributed by atoms with E-state index < -0.39 is 22.1 Å². The fourth-order valence-electron chi connectivity index (χ4n) is 1.55. The molecule has 7 heteroatoms. The molecule has 0 aliphatic carbocycles. The van der Waals surface area contributed by atoms with E-state index in [4.69, 9.17) is 9.47 Å². The van der Waals surface area contributed by atoms with E-state index in [1.807, 2.05) is 0 Å². The van der Waals surface area contributed by atoms with Crippen LogP contribution in [-0.4, -0.2) is 27.1 Å². The van der Waals surface area contributed by atoms with Gasteiger partial charge in [-0.15, -0.1) is 0 Å². The largest absolute Gasteiger partial charge is 0.467 e. The van der Waals surface area contributed by atoms with Crippen molar-refractivity contribution in [3.05, 3.63) is 34.0 Å². The molecule has 0 unspecified atom stereocenters. The zero-order chi connectivity index (χ0) is 17.8. The first-order valence-corrected chi connectivity index (χ1v) is 7.12. The Balaban J connectivity index is 3.00. The first kappa shape index (κ1) is 18.6. The minimum absolute atomic E-state index is 0.0584. The van der Waals surface area contributed by atoms with Crippen LogP contribution in [0.4, 0.5) is 5.69 Å². The van der Waals surface area contributed by atoms with Crippen LogP contribution in [0.15, 0.2) is 18.3 Å². The molecule has 1 rings (SSSR count). The standard InChI is InChI=1S/C16H22N2O5/c1-15(2,3)22-13(19)8-7-11-9-12(18(20)21)14(17-10-11)23-16(4,5)6/h7-10H,1-6H3/b8-7+. The van der Waals surface area contributed by atoms with Gasteiger partial charge in [-0.2, -0.15) is 0 Å². The number of hydrogen-bond acceptors (Lipinski definition) is 6. The van der Waals surface area contributed by atoms with Crippen molar-refractivity contribution in [2.45, 2.75) is 52.7 Å². The van der Waals surface area contributed by atoms with Crippen LogP contribution in [0.5, 0.6) is 5.88 Å². The van der Waals surface area contributed by atoms with Crippen LogP contribution >= 0.6 is 0 Å². The lowest BCUT2D eigenvalue weighted by Crippen LogP contribution is -2.24. The minimum atomic E-state index is -0.606. The monoisotopic (exact) mass is 322 g/mol. The molecule has 1 heterocycles. The normalized spacial score (nSPS) is 12.3. The molecule has 0 aromatic carbocycles. The summed E-state index contributed by atoms with van der Waals surface area (Å²) in [6, 6.07) is 1.30. The first-order chi connectivity index (χ1) is 10.4. The average molecular weight is 322 g/mol. The van der Waals surface area contributed by atoms with E-state index in [1.54, 1.807) is 41.5 Å². The second kappa shape index (κ2) is 6.76. The van der Waals surface area contributed by atoms with E-state index in [0.717, 1.165) is 0 Å². The van der Waals surface area contributed by atoms with E-state index in [-0.39, 0.29) is 11.6 Å². The Morgan fingerprint density at radius 1 is 1.22 bits per heavy atom. The Hall–Kier alpha value is -2.44. The molecule has 0 aliphatic heterocycles. The maximum Gasteiger partial charge on any atom is 0.331 e. The average Bonchev–Trinajstić information content (AvgIpc) is 2.33. The Kier molecular flexibility index (Phi) is 5.47. The molecule has 0 radical (unpaired) electrons. The number of esters is 1. The zero-order valence-electron chi connectivity index (χ0n) is 14.2. The van der Waals surface area contributed by atoms with Crippen molar-refractivity contribution >= 4 is 17.7 Å². The summed E-state index contributed by atoms with van der Waals surface area (Å²) in [5, 5.41) is 11.2. The van der Waals surface area contributed by atoms with Crippen molar-refractivity contribution in [2.75, 3.05) is 0 Å². The molecule has 0 N–H and O–H groups in total. The predicted octanol–water partition coefficient (Wildman–Crippen LogP) is 3.52. The molecule has 0 atom stereocenters. The van der Waals surface area contributed by atoms with Crippen molar-refractivity contribution in [1.29, 1.82) is 0 Å². The third-order valence-corrected chi connectivity index (χ3v) is 2.27. The Morgan fingerprint density at radius 3 is 2.30 bits per heavy atom. The predicted molar refractivity (Wildman–Crippen MR) is 86.2 cm³/mol. The van der Waals surface area contributed by atoms with Gasteiger partial charge in [0.25, 0.3) is 5.88 Å². The first-order valence-electron chi connectivity index (χ1n) is 7.12. The lowest BCUT2D eigenvalue weighted by molar-refractivity contribution is -0.386.